The van der Waals surface area contributed by atoms with Crippen LogP contribution in [0.4, 0.5) is 4.39 Å². The highest BCUT2D eigenvalue weighted by molar-refractivity contribution is 9.10. The minimum Gasteiger partial charge on any atom is -0.319 e. The summed E-state index contributed by atoms with van der Waals surface area (Å²) in [6.07, 6.45) is 1.67. The molecule has 0 spiro atoms. The van der Waals surface area contributed by atoms with Gasteiger partial charge < -0.3 is 5.73 Å². The van der Waals surface area contributed by atoms with Crippen molar-refractivity contribution in [2.24, 2.45) is 5.73 Å². The number of nitrogens with zero attached hydrogens (tertiary/aromatic N) is 2. The molecule has 0 amide bonds. The summed E-state index contributed by atoms with van der Waals surface area (Å²) >= 11 is 9.35. The molecule has 0 bridgehead atoms. The first-order valence-electron chi connectivity index (χ1n) is 5.47. The van der Waals surface area contributed by atoms with Crippen LogP contribution in [-0.4, -0.2) is 9.78 Å². The Kier molecular flexibility index (Phi) is 4.04. The first-order chi connectivity index (χ1) is 8.56. The van der Waals surface area contributed by atoms with Crippen LogP contribution < -0.4 is 5.73 Å². The van der Waals surface area contributed by atoms with E-state index < -0.39 is 11.9 Å². The van der Waals surface area contributed by atoms with Crippen LogP contribution in [0.15, 0.2) is 28.9 Å². The summed E-state index contributed by atoms with van der Waals surface area (Å²) in [5.74, 6) is -0.469. The lowest BCUT2D eigenvalue weighted by Crippen LogP contribution is -2.18. The third kappa shape index (κ3) is 2.30. The summed E-state index contributed by atoms with van der Waals surface area (Å²) in [5, 5.41) is 4.24. The van der Waals surface area contributed by atoms with Crippen molar-refractivity contribution < 1.29 is 4.39 Å². The second kappa shape index (κ2) is 5.38. The molecule has 96 valence electrons. The highest BCUT2D eigenvalue weighted by atomic mass is 79.9. The minimum atomic E-state index is -0.523. The zero-order valence-electron chi connectivity index (χ0n) is 9.70. The molecule has 0 radical (unpaired) electrons. The third-order valence-corrected chi connectivity index (χ3v) is 3.75. The molecule has 1 atom stereocenters. The maximum Gasteiger partial charge on any atom is 0.142 e. The predicted octanol–water partition coefficient (Wildman–Crippen LogP) is 3.51. The second-order valence-corrected chi connectivity index (χ2v) is 5.05. The molecule has 1 aromatic carbocycles. The van der Waals surface area contributed by atoms with Gasteiger partial charge in [0.25, 0.3) is 0 Å². The number of rotatable bonds is 3. The molecule has 6 heteroatoms. The van der Waals surface area contributed by atoms with E-state index in [0.717, 1.165) is 10.2 Å². The summed E-state index contributed by atoms with van der Waals surface area (Å²) < 4.78 is 16.0. The van der Waals surface area contributed by atoms with E-state index in [4.69, 9.17) is 17.3 Å². The van der Waals surface area contributed by atoms with E-state index in [1.165, 1.54) is 6.07 Å². The van der Waals surface area contributed by atoms with E-state index in [1.807, 2.05) is 6.92 Å². The summed E-state index contributed by atoms with van der Waals surface area (Å²) in [5.41, 5.74) is 7.50. The first-order valence-corrected chi connectivity index (χ1v) is 6.64. The fourth-order valence-electron chi connectivity index (χ4n) is 1.84. The monoisotopic (exact) mass is 331 g/mol. The number of nitrogens with two attached hydrogens (primary N) is 1. The number of aryl methyl sites for hydroxylation is 1. The fraction of sp³-hybridized carbons (Fsp3) is 0.250. The zero-order chi connectivity index (χ0) is 13.3. The largest absolute Gasteiger partial charge is 0.319 e. The number of hydrogen-bond donors (Lipinski definition) is 1. The average Bonchev–Trinajstić information content (AvgIpc) is 2.73. The van der Waals surface area contributed by atoms with Gasteiger partial charge in [-0.1, -0.05) is 23.7 Å². The van der Waals surface area contributed by atoms with Crippen molar-refractivity contribution >= 4 is 27.5 Å². The van der Waals surface area contributed by atoms with Crippen molar-refractivity contribution in [3.63, 3.8) is 0 Å². The normalized spacial score (nSPS) is 12.7. The quantitative estimate of drug-likeness (QED) is 0.935. The molecule has 3 nitrogen and oxygen atoms in total. The lowest BCUT2D eigenvalue weighted by molar-refractivity contribution is 0.593. The van der Waals surface area contributed by atoms with Crippen molar-refractivity contribution in [1.29, 1.82) is 0 Å². The number of hydrogen-bond acceptors (Lipinski definition) is 2. The predicted molar refractivity (Wildman–Crippen MR) is 73.0 cm³/mol. The molecule has 18 heavy (non-hydrogen) atoms. The van der Waals surface area contributed by atoms with E-state index in [9.17, 15) is 4.39 Å². The van der Waals surface area contributed by atoms with Gasteiger partial charge in [-0.15, -0.1) is 0 Å². The lowest BCUT2D eigenvalue weighted by Gasteiger charge is -2.16. The molecular formula is C12H12BrClFN3. The van der Waals surface area contributed by atoms with Crippen LogP contribution in [0.5, 0.6) is 0 Å². The van der Waals surface area contributed by atoms with E-state index in [1.54, 1.807) is 23.0 Å². The number of benzene rings is 1. The zero-order valence-corrected chi connectivity index (χ0v) is 12.0. The van der Waals surface area contributed by atoms with E-state index >= 15 is 0 Å². The summed E-state index contributed by atoms with van der Waals surface area (Å²) in [7, 11) is 0. The van der Waals surface area contributed by atoms with E-state index in [-0.39, 0.29) is 5.02 Å². The molecule has 1 aromatic heterocycles. The van der Waals surface area contributed by atoms with Crippen molar-refractivity contribution in [3.05, 3.63) is 51.0 Å². The van der Waals surface area contributed by atoms with Crippen molar-refractivity contribution in [2.75, 3.05) is 0 Å². The van der Waals surface area contributed by atoms with Crippen LogP contribution in [0.2, 0.25) is 5.02 Å². The Morgan fingerprint density at radius 3 is 2.94 bits per heavy atom. The molecule has 2 N–H and O–H groups in total. The maximum atomic E-state index is 13.4. The molecule has 2 aromatic rings. The van der Waals surface area contributed by atoms with Gasteiger partial charge in [0.15, 0.2) is 0 Å². The molecule has 0 fully saturated rings. The molecule has 0 aliphatic rings. The van der Waals surface area contributed by atoms with E-state index in [2.05, 4.69) is 21.0 Å². The van der Waals surface area contributed by atoms with Gasteiger partial charge in [0.2, 0.25) is 0 Å². The molecular weight excluding hydrogens is 321 g/mol. The Balaban J connectivity index is 2.51. The van der Waals surface area contributed by atoms with E-state index in [0.29, 0.717) is 12.1 Å². The number of halogens is 3. The molecule has 0 saturated carbocycles. The fourth-order valence-corrected chi connectivity index (χ4v) is 2.63. The van der Waals surface area contributed by atoms with Crippen molar-refractivity contribution in [3.8, 4) is 0 Å². The van der Waals surface area contributed by atoms with Gasteiger partial charge in [0.05, 0.1) is 27.4 Å². The Hall–Kier alpha value is -0.910. The number of aromatic nitrogens is 2. The SMILES string of the molecule is CCn1ncc(Br)c1C(N)c1cccc(F)c1Cl. The first kappa shape index (κ1) is 13.5. The third-order valence-electron chi connectivity index (χ3n) is 2.74. The lowest BCUT2D eigenvalue weighted by atomic mass is 10.0. The molecule has 2 rings (SSSR count). The van der Waals surface area contributed by atoms with Gasteiger partial charge >= 0.3 is 0 Å². The van der Waals surface area contributed by atoms with Gasteiger partial charge in [-0.25, -0.2) is 4.39 Å². The summed E-state index contributed by atoms with van der Waals surface area (Å²) in [6, 6.07) is 4.10. The van der Waals surface area contributed by atoms with Crippen molar-refractivity contribution in [2.45, 2.75) is 19.5 Å². The molecule has 0 aliphatic carbocycles. The van der Waals surface area contributed by atoms with Crippen LogP contribution in [0, 0.1) is 5.82 Å². The van der Waals surface area contributed by atoms with Crippen LogP contribution in [0.3, 0.4) is 0 Å². The van der Waals surface area contributed by atoms with Gasteiger partial charge in [-0.2, -0.15) is 5.10 Å². The van der Waals surface area contributed by atoms with Gasteiger partial charge in [-0.05, 0) is 34.5 Å². The Morgan fingerprint density at radius 1 is 1.56 bits per heavy atom. The van der Waals surface area contributed by atoms with Gasteiger partial charge in [0, 0.05) is 6.54 Å². The van der Waals surface area contributed by atoms with Gasteiger partial charge in [0.1, 0.15) is 5.82 Å². The van der Waals surface area contributed by atoms with Crippen LogP contribution in [-0.2, 0) is 6.54 Å². The van der Waals surface area contributed by atoms with Crippen LogP contribution in [0.25, 0.3) is 0 Å². The summed E-state index contributed by atoms with van der Waals surface area (Å²) in [6.45, 7) is 2.64. The molecule has 1 heterocycles. The topological polar surface area (TPSA) is 43.8 Å². The average molecular weight is 333 g/mol. The molecule has 1 unspecified atom stereocenters. The molecule has 0 aliphatic heterocycles. The van der Waals surface area contributed by atoms with Crippen molar-refractivity contribution in [1.82, 2.24) is 9.78 Å². The highest BCUT2D eigenvalue weighted by Crippen LogP contribution is 2.31. The van der Waals surface area contributed by atoms with Crippen LogP contribution >= 0.6 is 27.5 Å². The Labute approximate surface area is 118 Å². The van der Waals surface area contributed by atoms with Crippen LogP contribution in [0.1, 0.15) is 24.2 Å². The summed E-state index contributed by atoms with van der Waals surface area (Å²) in [4.78, 5) is 0. The Morgan fingerprint density at radius 2 is 2.28 bits per heavy atom. The smallest absolute Gasteiger partial charge is 0.142 e. The molecule has 0 saturated heterocycles. The maximum absolute atomic E-state index is 13.4. The standard InChI is InChI=1S/C12H12BrClFN3/c1-2-18-12(8(13)6-17-18)11(16)7-4-3-5-9(15)10(7)14/h3-6,11H,2,16H2,1H3. The Bertz CT molecular complexity index is 570. The minimum absolute atomic E-state index is 0.0563. The van der Waals surface area contributed by atoms with Gasteiger partial charge in [-0.3, -0.25) is 4.68 Å². The highest BCUT2D eigenvalue weighted by Gasteiger charge is 2.21. The second-order valence-electron chi connectivity index (χ2n) is 3.81.